The molecule has 0 unspecified atom stereocenters. The third kappa shape index (κ3) is 4.20. The van der Waals surface area contributed by atoms with Crippen molar-refractivity contribution in [3.8, 4) is 0 Å². The number of hydrogen-bond donors (Lipinski definition) is 1. The highest BCUT2D eigenvalue weighted by Gasteiger charge is 2.71. The predicted octanol–water partition coefficient (Wildman–Crippen LogP) is 3.22. The van der Waals surface area contributed by atoms with Crippen molar-refractivity contribution >= 4 is 12.6 Å². The minimum absolute atomic E-state index is 0.0957. The molecular weight excluding hydrogens is 286 g/mol. The molecular formula is C9H14F6O2S. The minimum Gasteiger partial charge on any atom is -0.382 e. The Morgan fingerprint density at radius 3 is 1.78 bits per heavy atom. The van der Waals surface area contributed by atoms with E-state index in [1.54, 1.807) is 0 Å². The van der Waals surface area contributed by atoms with Crippen molar-refractivity contribution in [2.24, 2.45) is 0 Å². The van der Waals surface area contributed by atoms with Gasteiger partial charge in [0.25, 0.3) is 5.60 Å². The average Bonchev–Trinajstić information content (AvgIpc) is 2.19. The first-order valence-electron chi connectivity index (χ1n) is 4.99. The predicted molar refractivity (Wildman–Crippen MR) is 55.8 cm³/mol. The number of thiol groups is 1. The largest absolute Gasteiger partial charge is 0.426 e. The summed E-state index contributed by atoms with van der Waals surface area (Å²) in [5, 5.41) is 0. The molecule has 0 aliphatic rings. The molecule has 0 aliphatic carbocycles. The maximum absolute atomic E-state index is 12.7. The van der Waals surface area contributed by atoms with E-state index in [0.29, 0.717) is 0 Å². The van der Waals surface area contributed by atoms with Crippen LogP contribution in [0, 0.1) is 0 Å². The Morgan fingerprint density at radius 1 is 0.944 bits per heavy atom. The zero-order valence-electron chi connectivity index (χ0n) is 9.57. The van der Waals surface area contributed by atoms with Crippen molar-refractivity contribution in [2.45, 2.75) is 30.8 Å². The maximum Gasteiger partial charge on any atom is 0.426 e. The fourth-order valence-electron chi connectivity index (χ4n) is 1.31. The standard InChI is InChI=1S/C9H14F6O2S/c1-16-4-5-17-7(3-2-6-18,8(10,11)12)9(13,14)15/h18H,2-6H2,1H3. The van der Waals surface area contributed by atoms with Crippen molar-refractivity contribution in [2.75, 3.05) is 26.1 Å². The molecule has 0 saturated carbocycles. The lowest BCUT2D eigenvalue weighted by atomic mass is 9.96. The van der Waals surface area contributed by atoms with Gasteiger partial charge in [-0.1, -0.05) is 0 Å². The molecule has 18 heavy (non-hydrogen) atoms. The normalized spacial score (nSPS) is 14.0. The number of halogens is 6. The van der Waals surface area contributed by atoms with Crippen LogP contribution in [0.1, 0.15) is 12.8 Å². The first-order valence-corrected chi connectivity index (χ1v) is 5.63. The third-order valence-corrected chi connectivity index (χ3v) is 2.55. The van der Waals surface area contributed by atoms with Crippen LogP contribution >= 0.6 is 12.6 Å². The zero-order chi connectivity index (χ0) is 14.4. The molecule has 2 nitrogen and oxygen atoms in total. The molecule has 0 atom stereocenters. The summed E-state index contributed by atoms with van der Waals surface area (Å²) in [4.78, 5) is 0. The van der Waals surface area contributed by atoms with Gasteiger partial charge >= 0.3 is 12.4 Å². The number of hydrogen-bond acceptors (Lipinski definition) is 3. The average molecular weight is 300 g/mol. The molecule has 0 spiro atoms. The van der Waals surface area contributed by atoms with Gasteiger partial charge in [-0.3, -0.25) is 0 Å². The second-order valence-electron chi connectivity index (χ2n) is 3.49. The third-order valence-electron chi connectivity index (χ3n) is 2.24. The number of alkyl halides is 6. The van der Waals surface area contributed by atoms with Gasteiger partial charge in [0.15, 0.2) is 0 Å². The molecule has 0 amide bonds. The number of rotatable bonds is 7. The van der Waals surface area contributed by atoms with E-state index in [0.717, 1.165) is 7.11 Å². The van der Waals surface area contributed by atoms with Gasteiger partial charge in [0.2, 0.25) is 0 Å². The quantitative estimate of drug-likeness (QED) is 0.442. The van der Waals surface area contributed by atoms with E-state index in [-0.39, 0.29) is 18.8 Å². The van der Waals surface area contributed by atoms with Crippen LogP contribution in [0.2, 0.25) is 0 Å². The first kappa shape index (κ1) is 17.8. The van der Waals surface area contributed by atoms with Crippen LogP contribution < -0.4 is 0 Å². The summed E-state index contributed by atoms with van der Waals surface area (Å²) >= 11 is 3.62. The fourth-order valence-corrected chi connectivity index (χ4v) is 1.47. The van der Waals surface area contributed by atoms with Gasteiger partial charge in [-0.15, -0.1) is 0 Å². The van der Waals surface area contributed by atoms with E-state index < -0.39 is 31.0 Å². The van der Waals surface area contributed by atoms with Gasteiger partial charge in [0, 0.05) is 7.11 Å². The summed E-state index contributed by atoms with van der Waals surface area (Å²) in [6.45, 7) is -1.14. The van der Waals surface area contributed by atoms with Crippen LogP contribution in [-0.4, -0.2) is 44.0 Å². The minimum atomic E-state index is -5.54. The van der Waals surface area contributed by atoms with Crippen LogP contribution in [0.5, 0.6) is 0 Å². The molecule has 0 aliphatic heterocycles. The first-order chi connectivity index (χ1) is 8.12. The Labute approximate surface area is 106 Å². The second-order valence-corrected chi connectivity index (χ2v) is 3.94. The van der Waals surface area contributed by atoms with Gasteiger partial charge in [-0.2, -0.15) is 39.0 Å². The van der Waals surface area contributed by atoms with Crippen LogP contribution in [0.15, 0.2) is 0 Å². The molecule has 0 bridgehead atoms. The van der Waals surface area contributed by atoms with Crippen molar-refractivity contribution in [1.29, 1.82) is 0 Å². The lowest BCUT2D eigenvalue weighted by molar-refractivity contribution is -0.383. The van der Waals surface area contributed by atoms with Crippen molar-refractivity contribution < 1.29 is 35.8 Å². The van der Waals surface area contributed by atoms with Gasteiger partial charge in [-0.25, -0.2) is 0 Å². The lowest BCUT2D eigenvalue weighted by Crippen LogP contribution is -2.59. The maximum atomic E-state index is 12.7. The molecule has 0 aromatic carbocycles. The van der Waals surface area contributed by atoms with Crippen molar-refractivity contribution in [3.63, 3.8) is 0 Å². The SMILES string of the molecule is COCCOC(CCCS)(C(F)(F)F)C(F)(F)F. The Balaban J connectivity index is 5.15. The molecule has 0 saturated heterocycles. The zero-order valence-corrected chi connectivity index (χ0v) is 10.5. The van der Waals surface area contributed by atoms with E-state index in [9.17, 15) is 26.3 Å². The Bertz CT molecular complexity index is 226. The van der Waals surface area contributed by atoms with E-state index in [2.05, 4.69) is 22.1 Å². The smallest absolute Gasteiger partial charge is 0.382 e. The summed E-state index contributed by atoms with van der Waals surface area (Å²) in [5.41, 5.74) is -4.15. The van der Waals surface area contributed by atoms with Gasteiger partial charge in [-0.05, 0) is 18.6 Å². The molecule has 0 aromatic rings. The number of methoxy groups -OCH3 is 1. The summed E-state index contributed by atoms with van der Waals surface area (Å²) < 4.78 is 84.8. The Morgan fingerprint density at radius 2 is 1.44 bits per heavy atom. The van der Waals surface area contributed by atoms with Gasteiger partial charge < -0.3 is 9.47 Å². The highest BCUT2D eigenvalue weighted by Crippen LogP contribution is 2.48. The highest BCUT2D eigenvalue weighted by molar-refractivity contribution is 7.80. The monoisotopic (exact) mass is 300 g/mol. The van der Waals surface area contributed by atoms with Crippen LogP contribution in [0.3, 0.4) is 0 Å². The molecule has 9 heteroatoms. The van der Waals surface area contributed by atoms with Gasteiger partial charge in [0.1, 0.15) is 0 Å². The molecule has 0 radical (unpaired) electrons. The Kier molecular flexibility index (Phi) is 6.80. The summed E-state index contributed by atoms with van der Waals surface area (Å²) in [7, 11) is 1.15. The molecule has 0 N–H and O–H groups in total. The summed E-state index contributed by atoms with van der Waals surface area (Å²) in [5.74, 6) is -0.0957. The van der Waals surface area contributed by atoms with E-state index >= 15 is 0 Å². The fraction of sp³-hybridized carbons (Fsp3) is 1.00. The summed E-state index contributed by atoms with van der Waals surface area (Å²) in [6.07, 6.45) is -12.7. The van der Waals surface area contributed by atoms with Crippen LogP contribution in [-0.2, 0) is 9.47 Å². The molecule has 0 aromatic heterocycles. The molecule has 0 fully saturated rings. The van der Waals surface area contributed by atoms with E-state index in [1.807, 2.05) is 0 Å². The van der Waals surface area contributed by atoms with Crippen molar-refractivity contribution in [1.82, 2.24) is 0 Å². The highest BCUT2D eigenvalue weighted by atomic mass is 32.1. The topological polar surface area (TPSA) is 18.5 Å². The second kappa shape index (κ2) is 6.85. The Hall–Kier alpha value is -0.150. The molecule has 0 rings (SSSR count). The van der Waals surface area contributed by atoms with E-state index in [1.165, 1.54) is 0 Å². The molecule has 110 valence electrons. The number of ether oxygens (including phenoxy) is 2. The lowest BCUT2D eigenvalue weighted by Gasteiger charge is -2.37. The summed E-state index contributed by atoms with van der Waals surface area (Å²) in [6, 6.07) is 0. The van der Waals surface area contributed by atoms with Crippen LogP contribution in [0.4, 0.5) is 26.3 Å². The van der Waals surface area contributed by atoms with Crippen LogP contribution in [0.25, 0.3) is 0 Å². The van der Waals surface area contributed by atoms with E-state index in [4.69, 9.17) is 0 Å². The molecule has 0 heterocycles. The van der Waals surface area contributed by atoms with Gasteiger partial charge in [0.05, 0.1) is 13.2 Å². The van der Waals surface area contributed by atoms with Crippen molar-refractivity contribution in [3.05, 3.63) is 0 Å².